The molecule has 10 nitrogen and oxygen atoms in total. The van der Waals surface area contributed by atoms with E-state index in [-0.39, 0.29) is 17.6 Å². The first-order chi connectivity index (χ1) is 22.4. The molecule has 6 aromatic rings. The quantitative estimate of drug-likeness (QED) is 0.153. The van der Waals surface area contributed by atoms with Crippen LogP contribution in [0.25, 0.3) is 21.8 Å². The number of carbonyl (C=O) groups is 3. The molecule has 0 saturated heterocycles. The van der Waals surface area contributed by atoms with Crippen molar-refractivity contribution in [1.29, 1.82) is 0 Å². The SMILES string of the molecule is O=C(Nc1cccnc1)c1ccc2[nH]c3c(c2c1)CCCC3=O.O=C(Nc1cccnc1)c1ccc2[nH]c3c(c2c1)CCCC3O. The normalized spacial score (nSPS) is 15.4. The monoisotopic (exact) mass is 612 g/mol. The number of fused-ring (bicyclic) bond motifs is 6. The number of pyridine rings is 2. The highest BCUT2D eigenvalue weighted by Crippen LogP contribution is 2.35. The smallest absolute Gasteiger partial charge is 0.255 e. The number of rotatable bonds is 4. The Morgan fingerprint density at radius 2 is 1.33 bits per heavy atom. The molecular formula is C36H32N6O4. The number of nitrogens with zero attached hydrogens (tertiary/aromatic N) is 2. The summed E-state index contributed by atoms with van der Waals surface area (Å²) in [4.78, 5) is 51.3. The van der Waals surface area contributed by atoms with E-state index < -0.39 is 6.10 Å². The molecule has 46 heavy (non-hydrogen) atoms. The summed E-state index contributed by atoms with van der Waals surface area (Å²) in [5, 5.41) is 17.8. The number of benzene rings is 2. The maximum Gasteiger partial charge on any atom is 0.255 e. The number of Topliss-reactive ketones (excluding diaryl/α,β-unsaturated/α-hetero) is 1. The van der Waals surface area contributed by atoms with Crippen molar-refractivity contribution in [2.24, 2.45) is 0 Å². The topological polar surface area (TPSA) is 153 Å². The summed E-state index contributed by atoms with van der Waals surface area (Å²) in [6.45, 7) is 0. The lowest BCUT2D eigenvalue weighted by Crippen LogP contribution is -2.12. The van der Waals surface area contributed by atoms with Gasteiger partial charge in [-0.3, -0.25) is 24.4 Å². The zero-order chi connectivity index (χ0) is 31.6. The van der Waals surface area contributed by atoms with Crippen LogP contribution in [-0.4, -0.2) is 42.6 Å². The number of aryl methyl sites for hydroxylation is 2. The van der Waals surface area contributed by atoms with Gasteiger partial charge in [0.2, 0.25) is 0 Å². The molecule has 2 amide bonds. The van der Waals surface area contributed by atoms with Crippen LogP contribution in [0.5, 0.6) is 0 Å². The molecule has 1 unspecified atom stereocenters. The van der Waals surface area contributed by atoms with Crippen molar-refractivity contribution in [1.82, 2.24) is 19.9 Å². The summed E-state index contributed by atoms with van der Waals surface area (Å²) in [5.74, 6) is -0.188. The van der Waals surface area contributed by atoms with Gasteiger partial charge in [-0.25, -0.2) is 0 Å². The molecule has 4 heterocycles. The molecule has 0 aliphatic heterocycles. The van der Waals surface area contributed by atoms with E-state index in [1.54, 1.807) is 61.2 Å². The molecular weight excluding hydrogens is 580 g/mol. The number of hydrogen-bond donors (Lipinski definition) is 5. The number of carbonyl (C=O) groups excluding carboxylic acids is 3. The predicted octanol–water partition coefficient (Wildman–Crippen LogP) is 6.52. The highest BCUT2D eigenvalue weighted by molar-refractivity contribution is 6.09. The minimum absolute atomic E-state index is 0.156. The minimum Gasteiger partial charge on any atom is -0.387 e. The summed E-state index contributed by atoms with van der Waals surface area (Å²) in [7, 11) is 0. The van der Waals surface area contributed by atoms with Gasteiger partial charge in [-0.05, 0) is 104 Å². The van der Waals surface area contributed by atoms with E-state index >= 15 is 0 Å². The van der Waals surface area contributed by atoms with Gasteiger partial charge in [-0.2, -0.15) is 0 Å². The van der Waals surface area contributed by atoms with Gasteiger partial charge in [0, 0.05) is 57.4 Å². The van der Waals surface area contributed by atoms with E-state index in [4.69, 9.17) is 0 Å². The number of amides is 2. The van der Waals surface area contributed by atoms with E-state index in [2.05, 4.69) is 30.6 Å². The molecule has 10 heteroatoms. The first-order valence-corrected chi connectivity index (χ1v) is 15.4. The van der Waals surface area contributed by atoms with Gasteiger partial charge in [0.15, 0.2) is 5.78 Å². The third-order valence-corrected chi connectivity index (χ3v) is 8.56. The molecule has 5 N–H and O–H groups in total. The lowest BCUT2D eigenvalue weighted by Gasteiger charge is -2.17. The van der Waals surface area contributed by atoms with E-state index in [0.717, 1.165) is 70.7 Å². The number of ketones is 1. The number of aliphatic hydroxyl groups is 1. The Kier molecular flexibility index (Phi) is 7.86. The molecule has 8 rings (SSSR count). The minimum atomic E-state index is -0.432. The molecule has 2 aliphatic rings. The van der Waals surface area contributed by atoms with Gasteiger partial charge in [0.05, 0.1) is 35.6 Å². The second kappa shape index (κ2) is 12.4. The number of aromatic amines is 2. The fraction of sp³-hybridized carbons (Fsp3) is 0.194. The standard InChI is InChI=1S/C18H17N3O2.C18H15N3O2/c2*22-16-5-1-4-13-14-9-11(6-7-15(14)21-17(13)16)18(23)20-12-3-2-8-19-10-12/h2-3,6-10,16,21-22H,1,4-5H2,(H,20,23);2-3,6-10,21H,1,4-5H2,(H,20,23). The van der Waals surface area contributed by atoms with Crippen LogP contribution in [0.1, 0.15) is 79.8 Å². The first-order valence-electron chi connectivity index (χ1n) is 15.4. The van der Waals surface area contributed by atoms with Crippen molar-refractivity contribution in [3.8, 4) is 0 Å². The second-order valence-electron chi connectivity index (χ2n) is 11.6. The fourth-order valence-corrected chi connectivity index (χ4v) is 6.30. The lowest BCUT2D eigenvalue weighted by molar-refractivity contribution is 0.0966. The van der Waals surface area contributed by atoms with Crippen LogP contribution in [0.4, 0.5) is 11.4 Å². The molecule has 230 valence electrons. The highest BCUT2D eigenvalue weighted by atomic mass is 16.3. The third-order valence-electron chi connectivity index (χ3n) is 8.56. The maximum atomic E-state index is 12.4. The Morgan fingerprint density at radius 3 is 1.93 bits per heavy atom. The van der Waals surface area contributed by atoms with Crippen molar-refractivity contribution in [3.05, 3.63) is 119 Å². The maximum absolute atomic E-state index is 12.4. The molecule has 1 atom stereocenters. The molecule has 2 aromatic carbocycles. The number of aliphatic hydroxyl groups excluding tert-OH is 1. The number of aromatic nitrogens is 4. The first kappa shape index (κ1) is 29.1. The summed E-state index contributed by atoms with van der Waals surface area (Å²) in [6, 6.07) is 18.2. The van der Waals surface area contributed by atoms with Crippen LogP contribution in [0.2, 0.25) is 0 Å². The van der Waals surface area contributed by atoms with Gasteiger partial charge in [0.25, 0.3) is 11.8 Å². The highest BCUT2D eigenvalue weighted by Gasteiger charge is 2.24. The molecule has 0 saturated carbocycles. The van der Waals surface area contributed by atoms with Crippen LogP contribution < -0.4 is 10.6 Å². The molecule has 0 spiro atoms. The Bertz CT molecular complexity index is 2080. The van der Waals surface area contributed by atoms with Gasteiger partial charge in [-0.1, -0.05) is 0 Å². The summed E-state index contributed by atoms with van der Waals surface area (Å²) in [5.41, 5.74) is 8.14. The van der Waals surface area contributed by atoms with Gasteiger partial charge < -0.3 is 25.7 Å². The predicted molar refractivity (Wildman–Crippen MR) is 176 cm³/mol. The largest absolute Gasteiger partial charge is 0.387 e. The average molecular weight is 613 g/mol. The van der Waals surface area contributed by atoms with E-state index in [1.807, 2.05) is 24.3 Å². The van der Waals surface area contributed by atoms with E-state index in [0.29, 0.717) is 34.6 Å². The Balaban J connectivity index is 0.000000147. The summed E-state index contributed by atoms with van der Waals surface area (Å²) < 4.78 is 0. The Hall–Kier alpha value is -5.61. The van der Waals surface area contributed by atoms with Crippen LogP contribution in [-0.2, 0) is 12.8 Å². The van der Waals surface area contributed by atoms with Gasteiger partial charge in [0.1, 0.15) is 0 Å². The number of H-pyrrole nitrogens is 2. The number of nitrogens with one attached hydrogen (secondary N) is 4. The van der Waals surface area contributed by atoms with Gasteiger partial charge >= 0.3 is 0 Å². The number of anilines is 2. The lowest BCUT2D eigenvalue weighted by atomic mass is 9.93. The van der Waals surface area contributed by atoms with Crippen LogP contribution >= 0.6 is 0 Å². The fourth-order valence-electron chi connectivity index (χ4n) is 6.30. The zero-order valence-corrected chi connectivity index (χ0v) is 25.0. The molecule has 0 bridgehead atoms. The zero-order valence-electron chi connectivity index (χ0n) is 25.0. The van der Waals surface area contributed by atoms with Crippen LogP contribution in [0.15, 0.2) is 85.5 Å². The van der Waals surface area contributed by atoms with E-state index in [9.17, 15) is 19.5 Å². The summed E-state index contributed by atoms with van der Waals surface area (Å²) in [6.07, 6.45) is 11.1. The van der Waals surface area contributed by atoms with Crippen molar-refractivity contribution < 1.29 is 19.5 Å². The summed E-state index contributed by atoms with van der Waals surface area (Å²) >= 11 is 0. The van der Waals surface area contributed by atoms with Crippen LogP contribution in [0.3, 0.4) is 0 Å². The molecule has 2 aliphatic carbocycles. The Labute approximate surface area is 264 Å². The number of hydrogen-bond acceptors (Lipinski definition) is 6. The van der Waals surface area contributed by atoms with E-state index in [1.165, 1.54) is 0 Å². The molecule has 0 radical (unpaired) electrons. The van der Waals surface area contributed by atoms with Crippen molar-refractivity contribution in [3.63, 3.8) is 0 Å². The van der Waals surface area contributed by atoms with Crippen LogP contribution in [0, 0.1) is 0 Å². The van der Waals surface area contributed by atoms with Crippen molar-refractivity contribution in [2.45, 2.75) is 44.6 Å². The van der Waals surface area contributed by atoms with Crippen molar-refractivity contribution in [2.75, 3.05) is 10.6 Å². The third kappa shape index (κ3) is 5.78. The second-order valence-corrected chi connectivity index (χ2v) is 11.6. The average Bonchev–Trinajstić information content (AvgIpc) is 3.65. The van der Waals surface area contributed by atoms with Gasteiger partial charge in [-0.15, -0.1) is 0 Å². The molecule has 4 aromatic heterocycles. The Morgan fingerprint density at radius 1 is 0.739 bits per heavy atom. The van der Waals surface area contributed by atoms with Crippen molar-refractivity contribution >= 4 is 50.8 Å². The molecule has 0 fully saturated rings.